The zero-order valence-electron chi connectivity index (χ0n) is 17.1. The van der Waals surface area contributed by atoms with Crippen LogP contribution in [0.4, 0.5) is 0 Å². The van der Waals surface area contributed by atoms with Gasteiger partial charge in [-0.3, -0.25) is 14.4 Å². The highest BCUT2D eigenvalue weighted by Gasteiger charge is 2.33. The van der Waals surface area contributed by atoms with Crippen molar-refractivity contribution < 1.29 is 14.4 Å². The van der Waals surface area contributed by atoms with Crippen molar-refractivity contribution in [1.82, 2.24) is 15.5 Å². The van der Waals surface area contributed by atoms with E-state index in [0.29, 0.717) is 24.7 Å². The van der Waals surface area contributed by atoms with E-state index in [9.17, 15) is 14.4 Å². The van der Waals surface area contributed by atoms with E-state index in [0.717, 1.165) is 37.8 Å². The third-order valence-corrected chi connectivity index (χ3v) is 5.32. The molecule has 1 saturated heterocycles. The lowest BCUT2D eigenvalue weighted by molar-refractivity contribution is -0.142. The van der Waals surface area contributed by atoms with Gasteiger partial charge in [-0.2, -0.15) is 0 Å². The lowest BCUT2D eigenvalue weighted by atomic mass is 9.91. The molecule has 2 aliphatic rings. The first-order valence-corrected chi connectivity index (χ1v) is 10.2. The normalized spacial score (nSPS) is 19.8. The van der Waals surface area contributed by atoms with Gasteiger partial charge in [0.25, 0.3) is 5.91 Å². The van der Waals surface area contributed by atoms with E-state index in [-0.39, 0.29) is 23.6 Å². The Kier molecular flexibility index (Phi) is 6.06. The molecule has 6 nitrogen and oxygen atoms in total. The summed E-state index contributed by atoms with van der Waals surface area (Å²) < 4.78 is 0. The number of amides is 3. The Labute approximate surface area is 167 Å². The second-order valence-corrected chi connectivity index (χ2v) is 9.00. The van der Waals surface area contributed by atoms with Crippen LogP contribution in [0, 0.1) is 11.3 Å². The molecule has 0 aromatic heterocycles. The molecular weight excluding hydrogens is 354 g/mol. The number of likely N-dealkylation sites (tertiary alicyclic amines) is 1. The molecule has 6 heteroatoms. The molecule has 3 rings (SSSR count). The van der Waals surface area contributed by atoms with Gasteiger partial charge in [0.1, 0.15) is 0 Å². The molecule has 1 aliphatic carbocycles. The van der Waals surface area contributed by atoms with Crippen LogP contribution in [0.2, 0.25) is 0 Å². The van der Waals surface area contributed by atoms with Crippen LogP contribution in [0.15, 0.2) is 24.3 Å². The molecule has 152 valence electrons. The van der Waals surface area contributed by atoms with Gasteiger partial charge in [0.15, 0.2) is 0 Å². The van der Waals surface area contributed by atoms with E-state index in [2.05, 4.69) is 10.6 Å². The van der Waals surface area contributed by atoms with E-state index in [1.165, 1.54) is 0 Å². The first-order chi connectivity index (χ1) is 13.2. The van der Waals surface area contributed by atoms with Gasteiger partial charge in [0, 0.05) is 36.7 Å². The van der Waals surface area contributed by atoms with Crippen molar-refractivity contribution in [2.75, 3.05) is 13.1 Å². The second-order valence-electron chi connectivity index (χ2n) is 9.00. The molecule has 1 aromatic carbocycles. The highest BCUT2D eigenvalue weighted by molar-refractivity contribution is 5.94. The van der Waals surface area contributed by atoms with Crippen LogP contribution in [0.25, 0.3) is 0 Å². The van der Waals surface area contributed by atoms with Gasteiger partial charge in [-0.1, -0.05) is 32.9 Å². The first-order valence-electron chi connectivity index (χ1n) is 10.2. The summed E-state index contributed by atoms with van der Waals surface area (Å²) in [7, 11) is 0. The molecule has 3 amide bonds. The Morgan fingerprint density at radius 2 is 1.75 bits per heavy atom. The molecule has 1 atom stereocenters. The van der Waals surface area contributed by atoms with Crippen LogP contribution >= 0.6 is 0 Å². The molecule has 1 saturated carbocycles. The summed E-state index contributed by atoms with van der Waals surface area (Å²) in [5.74, 6) is -0.112. The minimum Gasteiger partial charge on any atom is -0.352 e. The van der Waals surface area contributed by atoms with Crippen LogP contribution in [-0.2, 0) is 16.1 Å². The fourth-order valence-corrected chi connectivity index (χ4v) is 3.45. The zero-order valence-corrected chi connectivity index (χ0v) is 17.1. The zero-order chi connectivity index (χ0) is 20.3. The molecule has 1 unspecified atom stereocenters. The van der Waals surface area contributed by atoms with Gasteiger partial charge in [0.05, 0.1) is 5.92 Å². The average molecular weight is 386 g/mol. The van der Waals surface area contributed by atoms with E-state index in [4.69, 9.17) is 0 Å². The molecule has 0 bridgehead atoms. The Bertz CT molecular complexity index is 732. The summed E-state index contributed by atoms with van der Waals surface area (Å²) in [4.78, 5) is 38.9. The van der Waals surface area contributed by atoms with Crippen molar-refractivity contribution in [3.63, 3.8) is 0 Å². The van der Waals surface area contributed by atoms with Crippen LogP contribution in [0.3, 0.4) is 0 Å². The number of benzene rings is 1. The highest BCUT2D eigenvalue weighted by atomic mass is 16.2. The molecule has 28 heavy (non-hydrogen) atoms. The van der Waals surface area contributed by atoms with E-state index >= 15 is 0 Å². The number of rotatable bonds is 5. The maximum absolute atomic E-state index is 12.6. The smallest absolute Gasteiger partial charge is 0.251 e. The maximum Gasteiger partial charge on any atom is 0.251 e. The standard InChI is InChI=1S/C22H31N3O3/c1-22(2,3)21(28)25-12-4-5-17(14-25)19(26)23-13-15-6-8-16(9-7-15)20(27)24-18-10-11-18/h6-9,17-18H,4-5,10-14H2,1-3H3,(H,23,26)(H,24,27). The fraction of sp³-hybridized carbons (Fsp3) is 0.591. The Hall–Kier alpha value is -2.37. The summed E-state index contributed by atoms with van der Waals surface area (Å²) in [6.45, 7) is 7.37. The Balaban J connectivity index is 1.49. The molecule has 1 aromatic rings. The van der Waals surface area contributed by atoms with Crippen LogP contribution in [0.5, 0.6) is 0 Å². The van der Waals surface area contributed by atoms with E-state index in [1.54, 1.807) is 12.1 Å². The third-order valence-electron chi connectivity index (χ3n) is 5.32. The quantitative estimate of drug-likeness (QED) is 0.817. The minimum atomic E-state index is -0.425. The predicted molar refractivity (Wildman–Crippen MR) is 108 cm³/mol. The van der Waals surface area contributed by atoms with E-state index in [1.807, 2.05) is 37.8 Å². The molecule has 2 N–H and O–H groups in total. The average Bonchev–Trinajstić information content (AvgIpc) is 3.49. The number of hydrogen-bond donors (Lipinski definition) is 2. The summed E-state index contributed by atoms with van der Waals surface area (Å²) in [6, 6.07) is 7.68. The fourth-order valence-electron chi connectivity index (χ4n) is 3.45. The predicted octanol–water partition coefficient (Wildman–Crippen LogP) is 2.48. The minimum absolute atomic E-state index is 0.0121. The first kappa shape index (κ1) is 20.4. The number of nitrogens with zero attached hydrogens (tertiary/aromatic N) is 1. The Morgan fingerprint density at radius 1 is 1.07 bits per heavy atom. The maximum atomic E-state index is 12.6. The number of hydrogen-bond acceptors (Lipinski definition) is 3. The van der Waals surface area contributed by atoms with Crippen molar-refractivity contribution in [2.24, 2.45) is 11.3 Å². The molecular formula is C22H31N3O3. The lowest BCUT2D eigenvalue weighted by Crippen LogP contribution is -2.48. The summed E-state index contributed by atoms with van der Waals surface area (Å²) in [6.07, 6.45) is 3.79. The summed E-state index contributed by atoms with van der Waals surface area (Å²) >= 11 is 0. The molecule has 1 heterocycles. The second kappa shape index (κ2) is 8.33. The molecule has 2 fully saturated rings. The van der Waals surface area contributed by atoms with E-state index < -0.39 is 5.41 Å². The van der Waals surface area contributed by atoms with Crippen molar-refractivity contribution >= 4 is 17.7 Å². The molecule has 0 spiro atoms. The number of carbonyl (C=O) groups is 3. The lowest BCUT2D eigenvalue weighted by Gasteiger charge is -2.35. The van der Waals surface area contributed by atoms with Crippen molar-refractivity contribution in [3.8, 4) is 0 Å². The number of nitrogens with one attached hydrogen (secondary N) is 2. The van der Waals surface area contributed by atoms with Crippen LogP contribution < -0.4 is 10.6 Å². The monoisotopic (exact) mass is 385 g/mol. The number of piperidine rings is 1. The largest absolute Gasteiger partial charge is 0.352 e. The Morgan fingerprint density at radius 3 is 2.36 bits per heavy atom. The summed E-state index contributed by atoms with van der Waals surface area (Å²) in [5, 5.41) is 5.95. The molecule has 0 radical (unpaired) electrons. The molecule has 1 aliphatic heterocycles. The SMILES string of the molecule is CC(C)(C)C(=O)N1CCCC(C(=O)NCc2ccc(C(=O)NC3CC3)cc2)C1. The van der Waals surface area contributed by atoms with Crippen molar-refractivity contribution in [3.05, 3.63) is 35.4 Å². The third kappa shape index (κ3) is 5.33. The van der Waals surface area contributed by atoms with Gasteiger partial charge in [0.2, 0.25) is 11.8 Å². The van der Waals surface area contributed by atoms with Crippen molar-refractivity contribution in [2.45, 2.75) is 59.0 Å². The number of carbonyl (C=O) groups excluding carboxylic acids is 3. The van der Waals surface area contributed by atoms with Crippen LogP contribution in [-0.4, -0.2) is 41.8 Å². The van der Waals surface area contributed by atoms with Gasteiger partial charge in [-0.05, 0) is 43.4 Å². The van der Waals surface area contributed by atoms with Gasteiger partial charge in [-0.25, -0.2) is 0 Å². The topological polar surface area (TPSA) is 78.5 Å². The van der Waals surface area contributed by atoms with Gasteiger partial charge >= 0.3 is 0 Å². The highest BCUT2D eigenvalue weighted by Crippen LogP contribution is 2.24. The van der Waals surface area contributed by atoms with Gasteiger partial charge in [-0.15, -0.1) is 0 Å². The van der Waals surface area contributed by atoms with Crippen LogP contribution in [0.1, 0.15) is 62.4 Å². The summed E-state index contributed by atoms with van der Waals surface area (Å²) in [5.41, 5.74) is 1.17. The van der Waals surface area contributed by atoms with Crippen molar-refractivity contribution in [1.29, 1.82) is 0 Å². The van der Waals surface area contributed by atoms with Gasteiger partial charge < -0.3 is 15.5 Å².